The number of ketones is 1. The Morgan fingerprint density at radius 2 is 1.84 bits per heavy atom. The van der Waals surface area contributed by atoms with Crippen LogP contribution in [0.3, 0.4) is 0 Å². The first-order valence-electron chi connectivity index (χ1n) is 10.8. The molecule has 4 aromatic rings. The largest absolute Gasteiger partial charge is 0.358 e. The molecule has 1 unspecified atom stereocenters. The Labute approximate surface area is 180 Å². The number of rotatable bonds is 2. The molecule has 2 heterocycles. The summed E-state index contributed by atoms with van der Waals surface area (Å²) in [6.07, 6.45) is 2.35. The molecule has 0 amide bonds. The van der Waals surface area contributed by atoms with Crippen LogP contribution in [-0.4, -0.2) is 10.9 Å². The standard InChI is InChI=1S/C27H22N2O2/c1-16-9-11-18(12-10-16)24-15-22(29-31-24)27-25-19-6-3-2-5-17(19)13-14-21(25)28-20-7-4-8-23(30)26(20)27/h2-3,5-6,9-15,27-28H,4,7-8H2,1H3. The molecule has 0 spiro atoms. The summed E-state index contributed by atoms with van der Waals surface area (Å²) in [5.74, 6) is 0.700. The van der Waals surface area contributed by atoms with Gasteiger partial charge in [-0.05, 0) is 42.2 Å². The van der Waals surface area contributed by atoms with E-state index in [1.807, 2.05) is 30.3 Å². The molecule has 6 rings (SSSR count). The van der Waals surface area contributed by atoms with Gasteiger partial charge in [0, 0.05) is 35.0 Å². The fourth-order valence-electron chi connectivity index (χ4n) is 4.93. The lowest BCUT2D eigenvalue weighted by molar-refractivity contribution is -0.116. The molecule has 0 saturated carbocycles. The van der Waals surface area contributed by atoms with E-state index in [-0.39, 0.29) is 11.7 Å². The van der Waals surface area contributed by atoms with Crippen molar-refractivity contribution < 1.29 is 9.32 Å². The van der Waals surface area contributed by atoms with Gasteiger partial charge in [-0.15, -0.1) is 0 Å². The minimum absolute atomic E-state index is 0.206. The molecule has 1 aliphatic carbocycles. The highest BCUT2D eigenvalue weighted by molar-refractivity contribution is 6.03. The number of aryl methyl sites for hydroxylation is 1. The van der Waals surface area contributed by atoms with Gasteiger partial charge in [0.05, 0.1) is 11.6 Å². The van der Waals surface area contributed by atoms with Gasteiger partial charge in [-0.3, -0.25) is 4.79 Å². The average molecular weight is 406 g/mol. The molecule has 0 fully saturated rings. The predicted octanol–water partition coefficient (Wildman–Crippen LogP) is 6.37. The number of nitrogens with zero attached hydrogens (tertiary/aromatic N) is 1. The Morgan fingerprint density at radius 3 is 2.71 bits per heavy atom. The third-order valence-corrected chi connectivity index (χ3v) is 6.45. The van der Waals surface area contributed by atoms with Gasteiger partial charge < -0.3 is 9.84 Å². The zero-order valence-electron chi connectivity index (χ0n) is 17.3. The second kappa shape index (κ2) is 6.95. The van der Waals surface area contributed by atoms with Crippen LogP contribution in [0, 0.1) is 6.92 Å². The number of anilines is 1. The molecule has 0 saturated heterocycles. The molecule has 31 heavy (non-hydrogen) atoms. The monoisotopic (exact) mass is 406 g/mol. The Bertz CT molecular complexity index is 1360. The number of nitrogens with one attached hydrogen (secondary N) is 1. The first-order valence-corrected chi connectivity index (χ1v) is 10.8. The van der Waals surface area contributed by atoms with Crippen molar-refractivity contribution in [3.05, 3.63) is 94.8 Å². The maximum Gasteiger partial charge on any atom is 0.167 e. The van der Waals surface area contributed by atoms with Crippen molar-refractivity contribution in [1.29, 1.82) is 0 Å². The van der Waals surface area contributed by atoms with Crippen molar-refractivity contribution in [2.24, 2.45) is 0 Å². The van der Waals surface area contributed by atoms with Gasteiger partial charge in [-0.2, -0.15) is 0 Å². The van der Waals surface area contributed by atoms with Crippen LogP contribution >= 0.6 is 0 Å². The minimum atomic E-state index is -0.229. The normalized spacial score (nSPS) is 18.0. The molecule has 1 aliphatic heterocycles. The highest BCUT2D eigenvalue weighted by Crippen LogP contribution is 2.48. The van der Waals surface area contributed by atoms with Crippen molar-refractivity contribution in [2.75, 3.05) is 5.32 Å². The number of allylic oxidation sites excluding steroid dienone is 2. The van der Waals surface area contributed by atoms with Crippen LogP contribution in [0.25, 0.3) is 22.1 Å². The van der Waals surface area contributed by atoms with Gasteiger partial charge >= 0.3 is 0 Å². The van der Waals surface area contributed by atoms with Gasteiger partial charge in [-0.25, -0.2) is 0 Å². The van der Waals surface area contributed by atoms with Gasteiger partial charge in [-0.1, -0.05) is 65.3 Å². The molecule has 0 radical (unpaired) electrons. The summed E-state index contributed by atoms with van der Waals surface area (Å²) in [6, 6.07) is 22.8. The molecule has 152 valence electrons. The second-order valence-corrected chi connectivity index (χ2v) is 8.46. The first-order chi connectivity index (χ1) is 15.2. The van der Waals surface area contributed by atoms with Crippen LogP contribution in [-0.2, 0) is 4.79 Å². The molecular formula is C27H22N2O2. The van der Waals surface area contributed by atoms with Crippen molar-refractivity contribution >= 4 is 22.2 Å². The lowest BCUT2D eigenvalue weighted by Gasteiger charge is -2.33. The van der Waals surface area contributed by atoms with Crippen LogP contribution in [0.4, 0.5) is 5.69 Å². The molecule has 3 aromatic carbocycles. The number of carbonyl (C=O) groups is 1. The minimum Gasteiger partial charge on any atom is -0.358 e. The number of carbonyl (C=O) groups excluding carboxylic acids is 1. The zero-order valence-corrected chi connectivity index (χ0v) is 17.3. The van der Waals surface area contributed by atoms with E-state index < -0.39 is 0 Å². The van der Waals surface area contributed by atoms with Gasteiger partial charge in [0.1, 0.15) is 0 Å². The van der Waals surface area contributed by atoms with Crippen molar-refractivity contribution in [3.63, 3.8) is 0 Å². The molecule has 4 nitrogen and oxygen atoms in total. The smallest absolute Gasteiger partial charge is 0.167 e. The summed E-state index contributed by atoms with van der Waals surface area (Å²) in [5.41, 5.74) is 7.01. The maximum absolute atomic E-state index is 13.1. The highest BCUT2D eigenvalue weighted by Gasteiger charge is 2.37. The Kier molecular flexibility index (Phi) is 4.06. The quantitative estimate of drug-likeness (QED) is 0.420. The number of hydrogen-bond donors (Lipinski definition) is 1. The van der Waals surface area contributed by atoms with Crippen LogP contribution in [0.2, 0.25) is 0 Å². The molecular weight excluding hydrogens is 384 g/mol. The summed E-state index contributed by atoms with van der Waals surface area (Å²) in [5, 5.41) is 10.3. The zero-order chi connectivity index (χ0) is 20.9. The van der Waals surface area contributed by atoms with E-state index in [1.165, 1.54) is 5.56 Å². The van der Waals surface area contributed by atoms with E-state index in [1.54, 1.807) is 0 Å². The maximum atomic E-state index is 13.1. The van der Waals surface area contributed by atoms with Crippen LogP contribution in [0.1, 0.15) is 42.0 Å². The molecule has 0 bridgehead atoms. The summed E-state index contributed by atoms with van der Waals surface area (Å²) >= 11 is 0. The number of aromatic nitrogens is 1. The number of hydrogen-bond acceptors (Lipinski definition) is 4. The fourth-order valence-corrected chi connectivity index (χ4v) is 4.93. The van der Waals surface area contributed by atoms with E-state index in [9.17, 15) is 4.79 Å². The first kappa shape index (κ1) is 18.1. The Hall–Kier alpha value is -3.66. The van der Waals surface area contributed by atoms with E-state index in [2.05, 4.69) is 53.8 Å². The molecule has 1 N–H and O–H groups in total. The number of Topliss-reactive ketones (excluding diaryl/α,β-unsaturated/α-hetero) is 1. The third-order valence-electron chi connectivity index (χ3n) is 6.45. The molecule has 1 atom stereocenters. The number of benzene rings is 3. The van der Waals surface area contributed by atoms with Crippen molar-refractivity contribution in [2.45, 2.75) is 32.1 Å². The van der Waals surface area contributed by atoms with Crippen molar-refractivity contribution in [3.8, 4) is 11.3 Å². The lowest BCUT2D eigenvalue weighted by Crippen LogP contribution is -2.27. The summed E-state index contributed by atoms with van der Waals surface area (Å²) in [6.45, 7) is 2.06. The lowest BCUT2D eigenvalue weighted by atomic mass is 9.75. The van der Waals surface area contributed by atoms with Gasteiger partial charge in [0.2, 0.25) is 0 Å². The van der Waals surface area contributed by atoms with Crippen LogP contribution in [0.15, 0.2) is 82.5 Å². The highest BCUT2D eigenvalue weighted by atomic mass is 16.5. The van der Waals surface area contributed by atoms with E-state index >= 15 is 0 Å². The third kappa shape index (κ3) is 2.90. The van der Waals surface area contributed by atoms with Crippen LogP contribution in [0.5, 0.6) is 0 Å². The van der Waals surface area contributed by atoms with Crippen molar-refractivity contribution in [1.82, 2.24) is 5.16 Å². The second-order valence-electron chi connectivity index (χ2n) is 8.46. The Balaban J connectivity index is 1.57. The van der Waals surface area contributed by atoms with E-state index in [0.717, 1.165) is 63.2 Å². The molecule has 4 heteroatoms. The Morgan fingerprint density at radius 1 is 1.00 bits per heavy atom. The summed E-state index contributed by atoms with van der Waals surface area (Å²) < 4.78 is 5.78. The topological polar surface area (TPSA) is 55.1 Å². The summed E-state index contributed by atoms with van der Waals surface area (Å²) in [7, 11) is 0. The number of fused-ring (bicyclic) bond motifs is 3. The summed E-state index contributed by atoms with van der Waals surface area (Å²) in [4.78, 5) is 13.1. The molecule has 1 aromatic heterocycles. The predicted molar refractivity (Wildman–Crippen MR) is 122 cm³/mol. The van der Waals surface area contributed by atoms with Gasteiger partial charge in [0.15, 0.2) is 11.5 Å². The molecule has 2 aliphatic rings. The van der Waals surface area contributed by atoms with Gasteiger partial charge in [0.25, 0.3) is 0 Å². The fraction of sp³-hybridized carbons (Fsp3) is 0.185. The van der Waals surface area contributed by atoms with E-state index in [0.29, 0.717) is 6.42 Å². The van der Waals surface area contributed by atoms with E-state index in [4.69, 9.17) is 4.52 Å². The average Bonchev–Trinajstić information content (AvgIpc) is 3.28. The van der Waals surface area contributed by atoms with Crippen LogP contribution < -0.4 is 5.32 Å². The SMILES string of the molecule is Cc1ccc(-c2cc(C3C4=C(CCCC4=O)Nc4ccc5ccccc5c43)no2)cc1.